The lowest BCUT2D eigenvalue weighted by Crippen LogP contribution is -2.15. The molecular weight excluding hydrogens is 256 g/mol. The van der Waals surface area contributed by atoms with E-state index in [1.165, 1.54) is 30.3 Å². The fraction of sp³-hybridized carbons (Fsp3) is 0.143. The molecule has 0 fully saturated rings. The molecule has 2 N–H and O–H groups in total. The summed E-state index contributed by atoms with van der Waals surface area (Å²) in [6.07, 6.45) is 0. The van der Waals surface area contributed by atoms with E-state index in [1.807, 2.05) is 0 Å². The molecule has 0 saturated carbocycles. The Hall–Kier alpha value is -1.45. The van der Waals surface area contributed by atoms with Gasteiger partial charge in [-0.3, -0.25) is 0 Å². The van der Waals surface area contributed by atoms with Gasteiger partial charge in [0.25, 0.3) is 0 Å². The van der Waals surface area contributed by atoms with Crippen molar-refractivity contribution in [3.05, 3.63) is 69.7 Å². The summed E-state index contributed by atoms with van der Waals surface area (Å²) in [5.74, 6) is -0.759. The van der Waals surface area contributed by atoms with Crippen LogP contribution in [0.3, 0.4) is 0 Å². The average Bonchev–Trinajstić information content (AvgIpc) is 2.31. The Balaban J connectivity index is 2.47. The van der Waals surface area contributed by atoms with Crippen LogP contribution in [-0.2, 0) is 0 Å². The van der Waals surface area contributed by atoms with Crippen LogP contribution < -0.4 is 5.73 Å². The first kappa shape index (κ1) is 13.0. The van der Waals surface area contributed by atoms with E-state index in [0.717, 1.165) is 0 Å². The Morgan fingerprint density at radius 1 is 1.06 bits per heavy atom. The lowest BCUT2D eigenvalue weighted by molar-refractivity contribution is 0.598. The van der Waals surface area contributed by atoms with Gasteiger partial charge >= 0.3 is 0 Å². The molecule has 0 aliphatic heterocycles. The van der Waals surface area contributed by atoms with Crippen molar-refractivity contribution in [2.75, 3.05) is 0 Å². The van der Waals surface area contributed by atoms with Crippen LogP contribution in [0.25, 0.3) is 0 Å². The predicted octanol–water partition coefficient (Wildman–Crippen LogP) is 3.97. The fourth-order valence-electron chi connectivity index (χ4n) is 1.91. The normalized spacial score (nSPS) is 12.5. The quantitative estimate of drug-likeness (QED) is 0.875. The zero-order valence-corrected chi connectivity index (χ0v) is 10.5. The summed E-state index contributed by atoms with van der Waals surface area (Å²) >= 11 is 5.83. The zero-order valence-electron chi connectivity index (χ0n) is 9.75. The highest BCUT2D eigenvalue weighted by atomic mass is 35.5. The van der Waals surface area contributed by atoms with Crippen LogP contribution in [0, 0.1) is 18.6 Å². The van der Waals surface area contributed by atoms with Gasteiger partial charge in [-0.05, 0) is 48.4 Å². The summed E-state index contributed by atoms with van der Waals surface area (Å²) < 4.78 is 26.7. The van der Waals surface area contributed by atoms with Gasteiger partial charge < -0.3 is 5.73 Å². The van der Waals surface area contributed by atoms with Crippen LogP contribution in [-0.4, -0.2) is 0 Å². The predicted molar refractivity (Wildman–Crippen MR) is 68.6 cm³/mol. The first-order valence-electron chi connectivity index (χ1n) is 5.45. The topological polar surface area (TPSA) is 26.0 Å². The highest BCUT2D eigenvalue weighted by Crippen LogP contribution is 2.27. The van der Waals surface area contributed by atoms with E-state index in [1.54, 1.807) is 13.0 Å². The Labute approximate surface area is 109 Å². The van der Waals surface area contributed by atoms with Gasteiger partial charge in [-0.2, -0.15) is 0 Å². The second-order valence-corrected chi connectivity index (χ2v) is 4.58. The number of hydrogen-bond acceptors (Lipinski definition) is 1. The molecule has 0 amide bonds. The number of aryl methyl sites for hydroxylation is 1. The summed E-state index contributed by atoms with van der Waals surface area (Å²) in [4.78, 5) is 0. The minimum absolute atomic E-state index is 0.303. The van der Waals surface area contributed by atoms with Crippen LogP contribution in [0.5, 0.6) is 0 Å². The molecule has 0 radical (unpaired) electrons. The monoisotopic (exact) mass is 267 g/mol. The SMILES string of the molecule is Cc1cc(F)ccc1C(N)c1cc(Cl)ccc1F. The molecule has 2 aromatic carbocycles. The highest BCUT2D eigenvalue weighted by Gasteiger charge is 2.16. The van der Waals surface area contributed by atoms with Crippen molar-refractivity contribution in [3.63, 3.8) is 0 Å². The molecule has 18 heavy (non-hydrogen) atoms. The van der Waals surface area contributed by atoms with Crippen LogP contribution in [0.1, 0.15) is 22.7 Å². The average molecular weight is 268 g/mol. The van der Waals surface area contributed by atoms with E-state index < -0.39 is 11.9 Å². The summed E-state index contributed by atoms with van der Waals surface area (Å²) in [5, 5.41) is 0.418. The molecule has 0 saturated heterocycles. The van der Waals surface area contributed by atoms with Crippen molar-refractivity contribution < 1.29 is 8.78 Å². The van der Waals surface area contributed by atoms with Crippen LogP contribution in [0.15, 0.2) is 36.4 Å². The highest BCUT2D eigenvalue weighted by molar-refractivity contribution is 6.30. The summed E-state index contributed by atoms with van der Waals surface area (Å²) in [7, 11) is 0. The first-order valence-corrected chi connectivity index (χ1v) is 5.83. The third-order valence-corrected chi connectivity index (χ3v) is 3.10. The molecule has 4 heteroatoms. The Morgan fingerprint density at radius 2 is 1.78 bits per heavy atom. The molecule has 0 aliphatic carbocycles. The van der Waals surface area contributed by atoms with Gasteiger partial charge in [-0.25, -0.2) is 8.78 Å². The van der Waals surface area contributed by atoms with Crippen LogP contribution in [0.2, 0.25) is 5.02 Å². The third kappa shape index (κ3) is 2.52. The standard InChI is InChI=1S/C14H12ClF2N/c1-8-6-10(16)3-4-11(8)14(18)12-7-9(15)2-5-13(12)17/h2-7,14H,18H2,1H3. The third-order valence-electron chi connectivity index (χ3n) is 2.86. The fourth-order valence-corrected chi connectivity index (χ4v) is 2.09. The van der Waals surface area contributed by atoms with Gasteiger partial charge in [0.1, 0.15) is 11.6 Å². The molecule has 1 nitrogen and oxygen atoms in total. The Bertz CT molecular complexity index is 584. The van der Waals surface area contributed by atoms with Gasteiger partial charge in [0.2, 0.25) is 0 Å². The van der Waals surface area contributed by atoms with Crippen molar-refractivity contribution in [1.29, 1.82) is 0 Å². The molecule has 2 aromatic rings. The minimum atomic E-state index is -0.663. The lowest BCUT2D eigenvalue weighted by Gasteiger charge is -2.16. The van der Waals surface area contributed by atoms with Gasteiger partial charge in [-0.15, -0.1) is 0 Å². The zero-order chi connectivity index (χ0) is 13.3. The molecule has 0 aromatic heterocycles. The van der Waals surface area contributed by atoms with Gasteiger partial charge in [-0.1, -0.05) is 17.7 Å². The maximum absolute atomic E-state index is 13.7. The van der Waals surface area contributed by atoms with E-state index in [2.05, 4.69) is 0 Å². The first-order chi connectivity index (χ1) is 8.49. The molecule has 2 rings (SSSR count). The van der Waals surface area contributed by atoms with Crippen LogP contribution in [0.4, 0.5) is 8.78 Å². The Morgan fingerprint density at radius 3 is 2.44 bits per heavy atom. The molecule has 94 valence electrons. The van der Waals surface area contributed by atoms with Crippen molar-refractivity contribution in [2.45, 2.75) is 13.0 Å². The molecule has 0 heterocycles. The van der Waals surface area contributed by atoms with Gasteiger partial charge in [0, 0.05) is 10.6 Å². The number of hydrogen-bond donors (Lipinski definition) is 1. The van der Waals surface area contributed by atoms with Crippen molar-refractivity contribution in [2.24, 2.45) is 5.73 Å². The van der Waals surface area contributed by atoms with E-state index in [-0.39, 0.29) is 5.82 Å². The van der Waals surface area contributed by atoms with E-state index in [9.17, 15) is 8.78 Å². The summed E-state index contributed by atoms with van der Waals surface area (Å²) in [5.41, 5.74) is 7.68. The van der Waals surface area contributed by atoms with Crippen molar-refractivity contribution in [1.82, 2.24) is 0 Å². The van der Waals surface area contributed by atoms with Crippen molar-refractivity contribution >= 4 is 11.6 Å². The summed E-state index contributed by atoms with van der Waals surface area (Å²) in [6.45, 7) is 1.74. The van der Waals surface area contributed by atoms with E-state index in [0.29, 0.717) is 21.7 Å². The maximum Gasteiger partial charge on any atom is 0.128 e. The smallest absolute Gasteiger partial charge is 0.128 e. The molecule has 0 spiro atoms. The van der Waals surface area contributed by atoms with Gasteiger partial charge in [0.15, 0.2) is 0 Å². The molecule has 0 aliphatic rings. The second-order valence-electron chi connectivity index (χ2n) is 4.14. The van der Waals surface area contributed by atoms with Crippen LogP contribution >= 0.6 is 11.6 Å². The van der Waals surface area contributed by atoms with E-state index in [4.69, 9.17) is 17.3 Å². The van der Waals surface area contributed by atoms with E-state index >= 15 is 0 Å². The number of benzene rings is 2. The number of halogens is 3. The molecule has 1 unspecified atom stereocenters. The molecule has 0 bridgehead atoms. The maximum atomic E-state index is 13.7. The lowest BCUT2D eigenvalue weighted by atomic mass is 9.95. The molecular formula is C14H12ClF2N. The second kappa shape index (κ2) is 5.04. The van der Waals surface area contributed by atoms with Crippen molar-refractivity contribution in [3.8, 4) is 0 Å². The minimum Gasteiger partial charge on any atom is -0.320 e. The van der Waals surface area contributed by atoms with Gasteiger partial charge in [0.05, 0.1) is 6.04 Å². The largest absolute Gasteiger partial charge is 0.320 e. The number of rotatable bonds is 2. The summed E-state index contributed by atoms with van der Waals surface area (Å²) in [6, 6.07) is 7.81. The number of nitrogens with two attached hydrogens (primary N) is 1. The Kier molecular flexibility index (Phi) is 3.64. The molecule has 1 atom stereocenters.